The quantitative estimate of drug-likeness (QED) is 0.184. The van der Waals surface area contributed by atoms with Crippen molar-refractivity contribution in [1.29, 1.82) is 0 Å². The molecule has 48 heavy (non-hydrogen) atoms. The molecule has 0 amide bonds. The van der Waals surface area contributed by atoms with Crippen LogP contribution in [0.5, 0.6) is 0 Å². The van der Waals surface area contributed by atoms with Gasteiger partial charge in [-0.2, -0.15) is 0 Å². The molecule has 0 aliphatic heterocycles. The van der Waals surface area contributed by atoms with Gasteiger partial charge in [-0.1, -0.05) is 130 Å². The third-order valence-corrected chi connectivity index (χ3v) is 9.77. The van der Waals surface area contributed by atoms with Crippen LogP contribution in [0.2, 0.25) is 0 Å². The average molecular weight is 620 g/mol. The molecule has 0 spiro atoms. The van der Waals surface area contributed by atoms with E-state index in [-0.39, 0.29) is 5.41 Å². The fraction of sp³-hybridized carbons (Fsp3) is 0.0870. The second kappa shape index (κ2) is 11.7. The second-order valence-corrected chi connectivity index (χ2v) is 13.0. The summed E-state index contributed by atoms with van der Waals surface area (Å²) in [6.45, 7) is 11.2. The Morgan fingerprint density at radius 1 is 0.646 bits per heavy atom. The molecule has 0 saturated carbocycles. The van der Waals surface area contributed by atoms with E-state index in [9.17, 15) is 0 Å². The molecule has 1 aliphatic rings. The summed E-state index contributed by atoms with van der Waals surface area (Å²) in [6, 6.07) is 52.0. The Balaban J connectivity index is 1.24. The molecule has 0 saturated heterocycles. The monoisotopic (exact) mass is 619 g/mol. The average Bonchev–Trinajstić information content (AvgIpc) is 3.61. The normalized spacial score (nSPS) is 13.8. The van der Waals surface area contributed by atoms with Crippen molar-refractivity contribution in [2.24, 2.45) is 0 Å². The number of fused-ring (bicyclic) bond motifs is 4. The van der Waals surface area contributed by atoms with E-state index >= 15 is 0 Å². The van der Waals surface area contributed by atoms with E-state index < -0.39 is 0 Å². The largest absolute Gasteiger partial charge is 0.456 e. The lowest BCUT2D eigenvalue weighted by molar-refractivity contribution is 0.575. The van der Waals surface area contributed by atoms with E-state index in [4.69, 9.17) is 4.42 Å². The lowest BCUT2D eigenvalue weighted by Crippen LogP contribution is -2.20. The summed E-state index contributed by atoms with van der Waals surface area (Å²) in [5.74, 6) is 0. The molecule has 1 aliphatic carbocycles. The minimum absolute atomic E-state index is 0.157. The van der Waals surface area contributed by atoms with Crippen LogP contribution in [-0.2, 0) is 5.41 Å². The Kier molecular flexibility index (Phi) is 7.22. The predicted molar refractivity (Wildman–Crippen MR) is 203 cm³/mol. The Morgan fingerprint density at radius 3 is 2.02 bits per heavy atom. The maximum absolute atomic E-state index is 6.11. The zero-order chi connectivity index (χ0) is 32.8. The SMILES string of the molecule is C=C(C=c1c(=CC)oc2ccccc12)c1ccc(N(c2ccc(-c3ccccc3)cc2)c2cccc3c2C(C)(C)c2ccccc2-3)cc1. The van der Waals surface area contributed by atoms with Gasteiger partial charge < -0.3 is 9.32 Å². The molecule has 0 atom stereocenters. The van der Waals surface area contributed by atoms with Crippen molar-refractivity contribution in [1.82, 2.24) is 0 Å². The van der Waals surface area contributed by atoms with Crippen molar-refractivity contribution in [3.05, 3.63) is 179 Å². The van der Waals surface area contributed by atoms with Crippen molar-refractivity contribution in [3.63, 3.8) is 0 Å². The van der Waals surface area contributed by atoms with Crippen LogP contribution in [0, 0.1) is 0 Å². The maximum atomic E-state index is 6.11. The second-order valence-electron chi connectivity index (χ2n) is 13.0. The Bertz CT molecular complexity index is 2430. The number of hydrogen-bond acceptors (Lipinski definition) is 2. The molecule has 1 aromatic heterocycles. The summed E-state index contributed by atoms with van der Waals surface area (Å²) in [4.78, 5) is 2.41. The first-order valence-corrected chi connectivity index (χ1v) is 16.6. The van der Waals surface area contributed by atoms with E-state index in [2.05, 4.69) is 159 Å². The van der Waals surface area contributed by atoms with Gasteiger partial charge in [0.1, 0.15) is 11.0 Å². The molecule has 7 aromatic rings. The molecule has 0 bridgehead atoms. The van der Waals surface area contributed by atoms with Crippen LogP contribution in [0.3, 0.4) is 0 Å². The third kappa shape index (κ3) is 4.89. The molecule has 0 radical (unpaired) electrons. The molecule has 0 fully saturated rings. The molecule has 1 heterocycles. The summed E-state index contributed by atoms with van der Waals surface area (Å²) in [6.07, 6.45) is 4.15. The fourth-order valence-corrected chi connectivity index (χ4v) is 7.40. The van der Waals surface area contributed by atoms with Crippen molar-refractivity contribution in [2.75, 3.05) is 4.90 Å². The Morgan fingerprint density at radius 2 is 1.27 bits per heavy atom. The zero-order valence-electron chi connectivity index (χ0n) is 27.6. The first kappa shape index (κ1) is 29.5. The van der Waals surface area contributed by atoms with E-state index in [1.165, 1.54) is 39.1 Å². The minimum atomic E-state index is -0.157. The minimum Gasteiger partial charge on any atom is -0.456 e. The van der Waals surface area contributed by atoms with Crippen LogP contribution in [-0.4, -0.2) is 0 Å². The molecule has 0 N–H and O–H groups in total. The topological polar surface area (TPSA) is 16.4 Å². The van der Waals surface area contributed by atoms with Gasteiger partial charge in [0.05, 0.1) is 5.69 Å². The molecular formula is C46H37NO. The number of furan rings is 1. The number of allylic oxidation sites excluding steroid dienone is 1. The highest BCUT2D eigenvalue weighted by molar-refractivity contribution is 5.93. The van der Waals surface area contributed by atoms with Gasteiger partial charge in [-0.3, -0.25) is 0 Å². The summed E-state index contributed by atoms with van der Waals surface area (Å²) in [5, 5.41) is 2.15. The van der Waals surface area contributed by atoms with Crippen LogP contribution >= 0.6 is 0 Å². The van der Waals surface area contributed by atoms with Crippen molar-refractivity contribution in [2.45, 2.75) is 26.2 Å². The number of anilines is 3. The summed E-state index contributed by atoms with van der Waals surface area (Å²) in [7, 11) is 0. The maximum Gasteiger partial charge on any atom is 0.135 e. The van der Waals surface area contributed by atoms with Crippen LogP contribution in [0.1, 0.15) is 37.5 Å². The number of rotatable bonds is 6. The highest BCUT2D eigenvalue weighted by Crippen LogP contribution is 2.54. The van der Waals surface area contributed by atoms with E-state index in [0.29, 0.717) is 0 Å². The molecule has 232 valence electrons. The van der Waals surface area contributed by atoms with E-state index in [1.807, 2.05) is 31.2 Å². The van der Waals surface area contributed by atoms with Gasteiger partial charge in [0, 0.05) is 27.4 Å². The first-order chi connectivity index (χ1) is 23.4. The first-order valence-electron chi connectivity index (χ1n) is 16.6. The van der Waals surface area contributed by atoms with E-state index in [0.717, 1.165) is 44.1 Å². The summed E-state index contributed by atoms with van der Waals surface area (Å²) >= 11 is 0. The van der Waals surface area contributed by atoms with Crippen molar-refractivity contribution < 1.29 is 4.42 Å². The number of nitrogens with zero attached hydrogens (tertiary/aromatic N) is 1. The molecular weight excluding hydrogens is 583 g/mol. The molecule has 2 heteroatoms. The fourth-order valence-electron chi connectivity index (χ4n) is 7.40. The summed E-state index contributed by atoms with van der Waals surface area (Å²) < 4.78 is 6.11. The van der Waals surface area contributed by atoms with Crippen molar-refractivity contribution in [3.8, 4) is 22.3 Å². The standard InChI is InChI=1S/C46H37NO/c1-5-43-40(38-17-10-12-21-44(38)48-43)30-31(2)32-22-26-35(27-23-32)47(36-28-24-34(25-29-36)33-14-7-6-8-15-33)42-20-13-18-39-37-16-9-11-19-41(37)46(3,4)45(39)42/h5-30H,2H2,1,3-4H3. The van der Waals surface area contributed by atoms with Gasteiger partial charge in [-0.15, -0.1) is 0 Å². The summed E-state index contributed by atoms with van der Waals surface area (Å²) in [5.41, 5.74) is 14.7. The third-order valence-electron chi connectivity index (χ3n) is 9.77. The van der Waals surface area contributed by atoms with Crippen molar-refractivity contribution >= 4 is 45.8 Å². The van der Waals surface area contributed by atoms with E-state index in [1.54, 1.807) is 0 Å². The molecule has 2 nitrogen and oxygen atoms in total. The lowest BCUT2D eigenvalue weighted by atomic mass is 9.81. The van der Waals surface area contributed by atoms with Crippen LogP contribution in [0.15, 0.2) is 157 Å². The van der Waals surface area contributed by atoms with Gasteiger partial charge in [0.15, 0.2) is 0 Å². The number of para-hydroxylation sites is 1. The van der Waals surface area contributed by atoms with Gasteiger partial charge >= 0.3 is 0 Å². The van der Waals surface area contributed by atoms with Crippen LogP contribution < -0.4 is 15.5 Å². The van der Waals surface area contributed by atoms with Gasteiger partial charge in [0.25, 0.3) is 0 Å². The van der Waals surface area contributed by atoms with Gasteiger partial charge in [-0.25, -0.2) is 0 Å². The zero-order valence-corrected chi connectivity index (χ0v) is 27.6. The van der Waals surface area contributed by atoms with Crippen LogP contribution in [0.25, 0.3) is 50.9 Å². The molecule has 8 rings (SSSR count). The molecule has 6 aromatic carbocycles. The number of benzene rings is 6. The van der Waals surface area contributed by atoms with Crippen LogP contribution in [0.4, 0.5) is 17.1 Å². The smallest absolute Gasteiger partial charge is 0.135 e. The Hall–Kier alpha value is -5.86. The Labute approximate surface area is 282 Å². The van der Waals surface area contributed by atoms with Gasteiger partial charge in [0.2, 0.25) is 0 Å². The van der Waals surface area contributed by atoms with Gasteiger partial charge in [-0.05, 0) is 100.0 Å². The highest BCUT2D eigenvalue weighted by atomic mass is 16.3. The lowest BCUT2D eigenvalue weighted by Gasteiger charge is -2.32. The highest BCUT2D eigenvalue weighted by Gasteiger charge is 2.38. The number of hydrogen-bond donors (Lipinski definition) is 0. The molecule has 0 unspecified atom stereocenters. The predicted octanol–water partition coefficient (Wildman–Crippen LogP) is 11.2.